The number of nitrogens with zero attached hydrogens (tertiary/aromatic N) is 2. The van der Waals surface area contributed by atoms with Crippen LogP contribution in [0.1, 0.15) is 29.4 Å². The summed E-state index contributed by atoms with van der Waals surface area (Å²) in [4.78, 5) is 12.8. The molecule has 1 N–H and O–H groups in total. The van der Waals surface area contributed by atoms with Gasteiger partial charge in [0.15, 0.2) is 11.6 Å². The Labute approximate surface area is 164 Å². The lowest BCUT2D eigenvalue weighted by atomic mass is 9.87. The second-order valence-electron chi connectivity index (χ2n) is 7.07. The molecule has 28 heavy (non-hydrogen) atoms. The molecule has 1 aliphatic carbocycles. The molecule has 0 unspecified atom stereocenters. The van der Waals surface area contributed by atoms with Crippen LogP contribution in [0.3, 0.4) is 0 Å². The van der Waals surface area contributed by atoms with Crippen LogP contribution in [-0.2, 0) is 6.42 Å². The molecule has 6 heteroatoms. The largest absolute Gasteiger partial charge is 0.497 e. The van der Waals surface area contributed by atoms with Crippen LogP contribution in [0.2, 0.25) is 0 Å². The molecule has 0 fully saturated rings. The molecule has 0 saturated carbocycles. The Bertz CT molecular complexity index is 1010. The van der Waals surface area contributed by atoms with Crippen LogP contribution in [0.15, 0.2) is 48.5 Å². The third-order valence-electron chi connectivity index (χ3n) is 4.99. The van der Waals surface area contributed by atoms with Crippen molar-refractivity contribution < 1.29 is 14.3 Å². The Morgan fingerprint density at radius 2 is 1.79 bits per heavy atom. The Hall–Kier alpha value is -3.28. The summed E-state index contributed by atoms with van der Waals surface area (Å²) in [6.45, 7) is 2.10. The Balaban J connectivity index is 1.79. The first-order valence-electron chi connectivity index (χ1n) is 9.29. The van der Waals surface area contributed by atoms with E-state index in [1.165, 1.54) is 0 Å². The number of ether oxygens (including phenoxy) is 2. The second kappa shape index (κ2) is 7.38. The van der Waals surface area contributed by atoms with Crippen LogP contribution in [0.25, 0.3) is 5.69 Å². The normalized spacial score (nSPS) is 15.8. The van der Waals surface area contributed by atoms with Crippen molar-refractivity contribution in [2.75, 3.05) is 19.5 Å². The molecular weight excluding hydrogens is 354 g/mol. The number of anilines is 2. The van der Waals surface area contributed by atoms with E-state index in [1.807, 2.05) is 53.2 Å². The number of fused-ring (bicyclic) bond motifs is 1. The molecule has 0 radical (unpaired) electrons. The number of ketones is 1. The summed E-state index contributed by atoms with van der Waals surface area (Å²) in [5, 5.41) is 8.06. The van der Waals surface area contributed by atoms with Gasteiger partial charge in [0.05, 0.1) is 31.2 Å². The summed E-state index contributed by atoms with van der Waals surface area (Å²) in [6.07, 6.45) is 1.34. The van der Waals surface area contributed by atoms with Gasteiger partial charge in [-0.1, -0.05) is 13.0 Å². The van der Waals surface area contributed by atoms with Crippen molar-refractivity contribution in [2.45, 2.75) is 19.8 Å². The van der Waals surface area contributed by atoms with E-state index in [2.05, 4.69) is 12.2 Å². The molecule has 1 atom stereocenters. The number of hydrogen-bond donors (Lipinski definition) is 1. The minimum absolute atomic E-state index is 0.124. The Morgan fingerprint density at radius 1 is 1.04 bits per heavy atom. The predicted octanol–water partition coefficient (Wildman–Crippen LogP) is 4.40. The highest BCUT2D eigenvalue weighted by molar-refractivity contribution is 6.03. The van der Waals surface area contributed by atoms with E-state index in [4.69, 9.17) is 14.6 Å². The standard InChI is InChI=1S/C22H23N3O3/c1-14-11-19-21(20(26)12-14)22(23-15-5-4-6-18(13-15)28-3)24-25(19)16-7-9-17(27-2)10-8-16/h4-10,13-14H,11-12H2,1-3H3,(H,23,24)/t14-/m1/s1. The van der Waals surface area contributed by atoms with Gasteiger partial charge >= 0.3 is 0 Å². The molecule has 0 saturated heterocycles. The van der Waals surface area contributed by atoms with Gasteiger partial charge in [0, 0.05) is 18.2 Å². The van der Waals surface area contributed by atoms with Crippen LogP contribution < -0.4 is 14.8 Å². The van der Waals surface area contributed by atoms with E-state index in [0.717, 1.165) is 35.0 Å². The summed E-state index contributed by atoms with van der Waals surface area (Å²) < 4.78 is 12.4. The molecule has 0 bridgehead atoms. The molecule has 0 spiro atoms. The minimum atomic E-state index is 0.124. The van der Waals surface area contributed by atoms with E-state index < -0.39 is 0 Å². The number of benzene rings is 2. The Kier molecular flexibility index (Phi) is 4.77. The SMILES string of the molecule is COc1ccc(-n2nc(Nc3cccc(OC)c3)c3c2C[C@@H](C)CC3=O)cc1. The molecule has 6 nitrogen and oxygen atoms in total. The van der Waals surface area contributed by atoms with Crippen molar-refractivity contribution in [1.29, 1.82) is 0 Å². The van der Waals surface area contributed by atoms with Gasteiger partial charge in [0.25, 0.3) is 0 Å². The molecule has 1 aliphatic rings. The number of hydrogen-bond acceptors (Lipinski definition) is 5. The topological polar surface area (TPSA) is 65.4 Å². The number of methoxy groups -OCH3 is 2. The molecule has 2 aromatic carbocycles. The van der Waals surface area contributed by atoms with E-state index in [9.17, 15) is 4.79 Å². The zero-order valence-electron chi connectivity index (χ0n) is 16.2. The van der Waals surface area contributed by atoms with Crippen LogP contribution in [0.5, 0.6) is 11.5 Å². The zero-order chi connectivity index (χ0) is 19.7. The van der Waals surface area contributed by atoms with E-state index >= 15 is 0 Å². The third-order valence-corrected chi connectivity index (χ3v) is 4.99. The first-order chi connectivity index (χ1) is 13.6. The third kappa shape index (κ3) is 3.33. The summed E-state index contributed by atoms with van der Waals surface area (Å²) in [7, 11) is 3.27. The molecule has 3 aromatic rings. The van der Waals surface area contributed by atoms with Gasteiger partial charge in [0.1, 0.15) is 11.5 Å². The lowest BCUT2D eigenvalue weighted by molar-refractivity contribution is 0.0953. The van der Waals surface area contributed by atoms with Crippen LogP contribution in [-0.4, -0.2) is 29.8 Å². The van der Waals surface area contributed by atoms with Crippen LogP contribution in [0.4, 0.5) is 11.5 Å². The van der Waals surface area contributed by atoms with Crippen LogP contribution in [0, 0.1) is 5.92 Å². The summed E-state index contributed by atoms with van der Waals surface area (Å²) in [6, 6.07) is 15.3. The fourth-order valence-corrected chi connectivity index (χ4v) is 3.62. The van der Waals surface area contributed by atoms with Crippen molar-refractivity contribution in [3.8, 4) is 17.2 Å². The van der Waals surface area contributed by atoms with E-state index in [1.54, 1.807) is 14.2 Å². The molecule has 144 valence electrons. The summed E-state index contributed by atoms with van der Waals surface area (Å²) in [5.41, 5.74) is 3.35. The van der Waals surface area contributed by atoms with Gasteiger partial charge < -0.3 is 14.8 Å². The van der Waals surface area contributed by atoms with Gasteiger partial charge in [-0.05, 0) is 48.7 Å². The summed E-state index contributed by atoms with van der Waals surface area (Å²) >= 11 is 0. The van der Waals surface area contributed by atoms with Crippen molar-refractivity contribution in [3.63, 3.8) is 0 Å². The number of nitrogens with one attached hydrogen (secondary N) is 1. The molecule has 0 amide bonds. The first-order valence-corrected chi connectivity index (χ1v) is 9.29. The predicted molar refractivity (Wildman–Crippen MR) is 108 cm³/mol. The monoisotopic (exact) mass is 377 g/mol. The fourth-order valence-electron chi connectivity index (χ4n) is 3.62. The maximum Gasteiger partial charge on any atom is 0.168 e. The quantitative estimate of drug-likeness (QED) is 0.714. The van der Waals surface area contributed by atoms with Crippen molar-refractivity contribution in [2.24, 2.45) is 5.92 Å². The highest BCUT2D eigenvalue weighted by Crippen LogP contribution is 2.34. The van der Waals surface area contributed by atoms with Crippen molar-refractivity contribution in [3.05, 3.63) is 59.8 Å². The highest BCUT2D eigenvalue weighted by atomic mass is 16.5. The van der Waals surface area contributed by atoms with Gasteiger partial charge in [-0.2, -0.15) is 0 Å². The van der Waals surface area contributed by atoms with Gasteiger partial charge in [-0.15, -0.1) is 5.10 Å². The smallest absolute Gasteiger partial charge is 0.168 e. The van der Waals surface area contributed by atoms with E-state index in [-0.39, 0.29) is 5.78 Å². The first kappa shape index (κ1) is 18.1. The van der Waals surface area contributed by atoms with E-state index in [0.29, 0.717) is 23.7 Å². The highest BCUT2D eigenvalue weighted by Gasteiger charge is 2.31. The Morgan fingerprint density at radius 3 is 2.50 bits per heavy atom. The van der Waals surface area contributed by atoms with Gasteiger partial charge in [-0.25, -0.2) is 4.68 Å². The minimum Gasteiger partial charge on any atom is -0.497 e. The summed E-state index contributed by atoms with van der Waals surface area (Å²) in [5.74, 6) is 2.52. The maximum absolute atomic E-state index is 12.8. The lowest BCUT2D eigenvalue weighted by Crippen LogP contribution is -2.19. The number of Topliss-reactive ketones (excluding diaryl/α,β-unsaturated/α-hetero) is 1. The molecule has 4 rings (SSSR count). The maximum atomic E-state index is 12.8. The van der Waals surface area contributed by atoms with Gasteiger partial charge in [0.2, 0.25) is 0 Å². The number of carbonyl (C=O) groups is 1. The van der Waals surface area contributed by atoms with Crippen LogP contribution >= 0.6 is 0 Å². The van der Waals surface area contributed by atoms with Gasteiger partial charge in [-0.3, -0.25) is 4.79 Å². The molecule has 1 aromatic heterocycles. The molecule has 0 aliphatic heterocycles. The average molecular weight is 377 g/mol. The number of rotatable bonds is 5. The van der Waals surface area contributed by atoms with Crippen molar-refractivity contribution >= 4 is 17.3 Å². The lowest BCUT2D eigenvalue weighted by Gasteiger charge is -2.19. The number of carbonyl (C=O) groups excluding carboxylic acids is 1. The second-order valence-corrected chi connectivity index (χ2v) is 7.07. The molecular formula is C22H23N3O3. The average Bonchev–Trinajstić information content (AvgIpc) is 3.06. The van der Waals surface area contributed by atoms with Crippen molar-refractivity contribution in [1.82, 2.24) is 9.78 Å². The molecule has 1 heterocycles. The zero-order valence-corrected chi connectivity index (χ0v) is 16.2. The number of aromatic nitrogens is 2. The fraction of sp³-hybridized carbons (Fsp3) is 0.273.